The molecule has 0 spiro atoms. The SMILES string of the molecule is N#Cc1ccc(OCc2nccc(OC3CCN(Cc4nc5ncc(C(=O)O)cc5n4/C=C\C4CCO4)CC3)n2)c(F)c1. The Bertz CT molecular complexity index is 1710. The summed E-state index contributed by atoms with van der Waals surface area (Å²) >= 11 is 0. The number of carbonyl (C=O) groups is 1. The molecule has 1 aromatic carbocycles. The molecule has 13 heteroatoms. The van der Waals surface area contributed by atoms with Crippen molar-refractivity contribution in [2.75, 3.05) is 19.7 Å². The Morgan fingerprint density at radius 3 is 2.74 bits per heavy atom. The average Bonchev–Trinajstić information content (AvgIpc) is 3.33. The third kappa shape index (κ3) is 6.61. The number of halogens is 1. The van der Waals surface area contributed by atoms with Crippen LogP contribution >= 0.6 is 0 Å². The number of piperidine rings is 1. The number of nitrogens with zero attached hydrogens (tertiary/aromatic N) is 7. The zero-order valence-corrected chi connectivity index (χ0v) is 23.1. The lowest BCUT2D eigenvalue weighted by Gasteiger charge is -2.31. The Hall–Kier alpha value is -4.93. The number of aromatic nitrogens is 5. The normalized spacial score (nSPS) is 17.5. The quantitative estimate of drug-likeness (QED) is 0.290. The molecule has 2 saturated heterocycles. The van der Waals surface area contributed by atoms with Gasteiger partial charge in [0.25, 0.3) is 0 Å². The van der Waals surface area contributed by atoms with E-state index in [2.05, 4.69) is 19.9 Å². The van der Waals surface area contributed by atoms with Gasteiger partial charge in [0.05, 0.1) is 42.0 Å². The Balaban J connectivity index is 1.07. The smallest absolute Gasteiger partial charge is 0.337 e. The number of aromatic carboxylic acids is 1. The maximum Gasteiger partial charge on any atom is 0.337 e. The number of benzene rings is 1. The summed E-state index contributed by atoms with van der Waals surface area (Å²) in [5.41, 5.74) is 1.44. The molecule has 5 heterocycles. The van der Waals surface area contributed by atoms with Crippen LogP contribution in [-0.4, -0.2) is 72.4 Å². The molecule has 43 heavy (non-hydrogen) atoms. The molecule has 0 amide bonds. The zero-order valence-electron chi connectivity index (χ0n) is 23.1. The molecule has 1 N–H and O–H groups in total. The van der Waals surface area contributed by atoms with Gasteiger partial charge >= 0.3 is 5.97 Å². The summed E-state index contributed by atoms with van der Waals surface area (Å²) in [5.74, 6) is -0.131. The maximum atomic E-state index is 14.1. The number of hydrogen-bond donors (Lipinski definition) is 1. The summed E-state index contributed by atoms with van der Waals surface area (Å²) < 4.78 is 33.2. The number of likely N-dealkylation sites (tertiary alicyclic amines) is 1. The molecule has 0 aliphatic carbocycles. The van der Waals surface area contributed by atoms with E-state index in [1.807, 2.05) is 22.9 Å². The summed E-state index contributed by atoms with van der Waals surface area (Å²) in [4.78, 5) is 31.4. The molecule has 4 aromatic rings. The van der Waals surface area contributed by atoms with Crippen molar-refractivity contribution in [1.82, 2.24) is 29.4 Å². The first kappa shape index (κ1) is 28.2. The van der Waals surface area contributed by atoms with E-state index in [1.165, 1.54) is 18.3 Å². The lowest BCUT2D eigenvalue weighted by atomic mass is 10.1. The molecule has 2 aliphatic heterocycles. The van der Waals surface area contributed by atoms with Crippen LogP contribution < -0.4 is 9.47 Å². The van der Waals surface area contributed by atoms with Crippen molar-refractivity contribution in [3.8, 4) is 17.7 Å². The highest BCUT2D eigenvalue weighted by molar-refractivity contribution is 5.91. The predicted molar refractivity (Wildman–Crippen MR) is 151 cm³/mol. The van der Waals surface area contributed by atoms with E-state index in [0.29, 0.717) is 29.4 Å². The molecule has 12 nitrogen and oxygen atoms in total. The van der Waals surface area contributed by atoms with Crippen molar-refractivity contribution < 1.29 is 28.5 Å². The highest BCUT2D eigenvalue weighted by Gasteiger charge is 2.24. The van der Waals surface area contributed by atoms with Gasteiger partial charge in [0.1, 0.15) is 18.5 Å². The summed E-state index contributed by atoms with van der Waals surface area (Å²) in [6, 6.07) is 9.15. The number of carboxylic acids is 1. The molecule has 1 atom stereocenters. The Morgan fingerprint density at radius 1 is 1.19 bits per heavy atom. The predicted octanol–water partition coefficient (Wildman–Crippen LogP) is 3.81. The van der Waals surface area contributed by atoms with Gasteiger partial charge in [0.15, 0.2) is 23.0 Å². The lowest BCUT2D eigenvalue weighted by Crippen LogP contribution is -2.38. The van der Waals surface area contributed by atoms with Gasteiger partial charge in [-0.3, -0.25) is 4.90 Å². The lowest BCUT2D eigenvalue weighted by molar-refractivity contribution is -0.0181. The van der Waals surface area contributed by atoms with E-state index < -0.39 is 11.8 Å². The molecule has 6 rings (SSSR count). The molecule has 0 bridgehead atoms. The van der Waals surface area contributed by atoms with Gasteiger partial charge in [0.2, 0.25) is 5.88 Å². The van der Waals surface area contributed by atoms with Crippen molar-refractivity contribution >= 4 is 23.3 Å². The van der Waals surface area contributed by atoms with Gasteiger partial charge in [-0.2, -0.15) is 10.2 Å². The number of nitriles is 1. The summed E-state index contributed by atoms with van der Waals surface area (Å²) in [6.07, 6.45) is 9.21. The van der Waals surface area contributed by atoms with Crippen LogP contribution in [0.5, 0.6) is 11.6 Å². The van der Waals surface area contributed by atoms with Crippen LogP contribution in [-0.2, 0) is 17.9 Å². The van der Waals surface area contributed by atoms with Crippen LogP contribution in [0, 0.1) is 17.1 Å². The van der Waals surface area contributed by atoms with Crippen LogP contribution in [0.1, 0.15) is 46.8 Å². The van der Waals surface area contributed by atoms with E-state index in [0.717, 1.165) is 50.8 Å². The minimum Gasteiger partial charge on any atom is -0.483 e. The zero-order chi connectivity index (χ0) is 29.8. The molecular formula is C30H28FN7O5. The van der Waals surface area contributed by atoms with Crippen molar-refractivity contribution in [2.45, 2.75) is 44.6 Å². The molecule has 220 valence electrons. The molecule has 0 radical (unpaired) electrons. The van der Waals surface area contributed by atoms with E-state index >= 15 is 0 Å². The minimum absolute atomic E-state index is 0.0137. The summed E-state index contributed by atoms with van der Waals surface area (Å²) in [6.45, 7) is 2.76. The summed E-state index contributed by atoms with van der Waals surface area (Å²) in [7, 11) is 0. The fourth-order valence-electron chi connectivity index (χ4n) is 4.91. The van der Waals surface area contributed by atoms with E-state index in [1.54, 1.807) is 18.3 Å². The second kappa shape index (κ2) is 12.5. The Labute approximate surface area is 246 Å². The van der Waals surface area contributed by atoms with Crippen molar-refractivity contribution in [2.24, 2.45) is 0 Å². The van der Waals surface area contributed by atoms with Gasteiger partial charge in [-0.15, -0.1) is 0 Å². The second-order valence-corrected chi connectivity index (χ2v) is 10.3. The van der Waals surface area contributed by atoms with E-state index in [-0.39, 0.29) is 35.7 Å². The molecule has 2 fully saturated rings. The molecule has 0 saturated carbocycles. The third-order valence-electron chi connectivity index (χ3n) is 7.34. The number of pyridine rings is 1. The average molecular weight is 586 g/mol. The van der Waals surface area contributed by atoms with Crippen LogP contribution in [0.25, 0.3) is 17.4 Å². The first-order chi connectivity index (χ1) is 20.9. The van der Waals surface area contributed by atoms with Gasteiger partial charge in [-0.05, 0) is 43.2 Å². The molecule has 1 unspecified atom stereocenters. The Kier molecular flexibility index (Phi) is 8.21. The van der Waals surface area contributed by atoms with Crippen LogP contribution in [0.3, 0.4) is 0 Å². The fraction of sp³-hybridized carbons (Fsp3) is 0.333. The van der Waals surface area contributed by atoms with Crippen LogP contribution in [0.15, 0.2) is 48.8 Å². The van der Waals surface area contributed by atoms with E-state index in [4.69, 9.17) is 24.5 Å². The van der Waals surface area contributed by atoms with E-state index in [9.17, 15) is 14.3 Å². The van der Waals surface area contributed by atoms with Gasteiger partial charge < -0.3 is 23.9 Å². The second-order valence-electron chi connectivity index (χ2n) is 10.3. The minimum atomic E-state index is -1.04. The molecule has 2 aliphatic rings. The first-order valence-corrected chi connectivity index (χ1v) is 13.9. The largest absolute Gasteiger partial charge is 0.483 e. The number of ether oxygens (including phenoxy) is 3. The van der Waals surface area contributed by atoms with Crippen molar-refractivity contribution in [1.29, 1.82) is 5.26 Å². The number of rotatable bonds is 10. The number of carboxylic acid groups (broad SMARTS) is 1. The number of hydrogen-bond acceptors (Lipinski definition) is 10. The molecule has 3 aromatic heterocycles. The number of fused-ring (bicyclic) bond motifs is 1. The van der Waals surface area contributed by atoms with Crippen LogP contribution in [0.2, 0.25) is 0 Å². The van der Waals surface area contributed by atoms with Crippen molar-refractivity contribution in [3.63, 3.8) is 0 Å². The first-order valence-electron chi connectivity index (χ1n) is 13.9. The highest BCUT2D eigenvalue weighted by Crippen LogP contribution is 2.23. The fourth-order valence-corrected chi connectivity index (χ4v) is 4.91. The summed E-state index contributed by atoms with van der Waals surface area (Å²) in [5, 5.41) is 18.3. The van der Waals surface area contributed by atoms with Crippen molar-refractivity contribution in [3.05, 3.63) is 77.4 Å². The topological polar surface area (TPSA) is 149 Å². The molecular weight excluding hydrogens is 557 g/mol. The number of imidazole rings is 1. The highest BCUT2D eigenvalue weighted by atomic mass is 19.1. The standard InChI is InChI=1S/C30H28FN7O5/c31-23-13-19(15-32)1-2-25(23)42-18-26-33-8-3-28(35-26)43-22-4-9-37(10-5-22)17-27-36-29-24(14-20(16-34-29)30(39)40)38(27)11-6-21-7-12-41-21/h1-3,6,8,11,13-14,16,21-22H,4-5,7,9-10,12,17-18H2,(H,39,40)/b11-6-. The van der Waals surface area contributed by atoms with Gasteiger partial charge in [0, 0.05) is 44.2 Å². The van der Waals surface area contributed by atoms with Crippen LogP contribution in [0.4, 0.5) is 4.39 Å². The van der Waals surface area contributed by atoms with Gasteiger partial charge in [-0.25, -0.2) is 24.1 Å². The monoisotopic (exact) mass is 585 g/mol. The Morgan fingerprint density at radius 2 is 2.02 bits per heavy atom. The maximum absolute atomic E-state index is 14.1. The van der Waals surface area contributed by atoms with Gasteiger partial charge in [-0.1, -0.05) is 0 Å². The third-order valence-corrected chi connectivity index (χ3v) is 7.34.